The summed E-state index contributed by atoms with van der Waals surface area (Å²) in [4.78, 5) is 11.6. The molecule has 0 aromatic carbocycles. The number of rotatable bonds is 10. The Morgan fingerprint density at radius 2 is 2.11 bits per heavy atom. The molecule has 1 rings (SSSR count). The van der Waals surface area contributed by atoms with Crippen LogP contribution in [0.5, 0.6) is 0 Å². The second-order valence-corrected chi connectivity index (χ2v) is 7.10. The highest BCUT2D eigenvalue weighted by Crippen LogP contribution is 2.28. The Morgan fingerprint density at radius 1 is 1.42 bits per heavy atom. The number of thioether (sulfide) groups is 1. The number of carbonyl (C=O) groups is 1. The van der Waals surface area contributed by atoms with Crippen molar-refractivity contribution in [2.45, 2.75) is 64.3 Å². The van der Waals surface area contributed by atoms with E-state index in [0.29, 0.717) is 0 Å². The third-order valence-corrected chi connectivity index (χ3v) is 5.39. The van der Waals surface area contributed by atoms with Gasteiger partial charge >= 0.3 is 0 Å². The van der Waals surface area contributed by atoms with Gasteiger partial charge in [-0.15, -0.1) is 0 Å². The highest BCUT2D eigenvalue weighted by atomic mass is 32.2. The van der Waals surface area contributed by atoms with E-state index in [1.54, 1.807) is 0 Å². The lowest BCUT2D eigenvalue weighted by Crippen LogP contribution is -2.53. The Bertz CT molecular complexity index is 267. The molecule has 112 valence electrons. The Labute approximate surface area is 122 Å². The van der Waals surface area contributed by atoms with Crippen molar-refractivity contribution >= 4 is 17.7 Å². The van der Waals surface area contributed by atoms with Crippen LogP contribution < -0.4 is 11.1 Å². The monoisotopic (exact) mass is 286 g/mol. The van der Waals surface area contributed by atoms with Crippen LogP contribution in [0.25, 0.3) is 0 Å². The van der Waals surface area contributed by atoms with Crippen molar-refractivity contribution in [3.8, 4) is 0 Å². The van der Waals surface area contributed by atoms with Crippen LogP contribution in [0.3, 0.4) is 0 Å². The fourth-order valence-electron chi connectivity index (χ4n) is 2.65. The van der Waals surface area contributed by atoms with Gasteiger partial charge < -0.3 is 11.1 Å². The molecule has 1 amide bonds. The number of hydrogen-bond acceptors (Lipinski definition) is 3. The van der Waals surface area contributed by atoms with Crippen molar-refractivity contribution < 1.29 is 4.79 Å². The third-order valence-electron chi connectivity index (χ3n) is 4.10. The highest BCUT2D eigenvalue weighted by Gasteiger charge is 2.29. The van der Waals surface area contributed by atoms with Crippen LogP contribution in [0.15, 0.2) is 0 Å². The van der Waals surface area contributed by atoms with Crippen molar-refractivity contribution in [1.29, 1.82) is 0 Å². The van der Waals surface area contributed by atoms with E-state index in [2.05, 4.69) is 12.2 Å². The first-order chi connectivity index (χ1) is 9.08. The molecule has 1 unspecified atom stereocenters. The number of primary amides is 1. The smallest absolute Gasteiger partial charge is 0.237 e. The highest BCUT2D eigenvalue weighted by molar-refractivity contribution is 7.99. The maximum absolute atomic E-state index is 11.6. The molecule has 1 aliphatic carbocycles. The van der Waals surface area contributed by atoms with Crippen molar-refractivity contribution in [3.05, 3.63) is 0 Å². The summed E-state index contributed by atoms with van der Waals surface area (Å²) in [5.74, 6) is 3.18. The molecule has 0 saturated heterocycles. The summed E-state index contributed by atoms with van der Waals surface area (Å²) in [7, 11) is 0. The Hall–Kier alpha value is -0.220. The molecule has 19 heavy (non-hydrogen) atoms. The number of nitrogens with two attached hydrogens (primary N) is 1. The zero-order chi connectivity index (χ0) is 14.1. The lowest BCUT2D eigenvalue weighted by Gasteiger charge is -2.27. The van der Waals surface area contributed by atoms with Gasteiger partial charge in [-0.25, -0.2) is 0 Å². The predicted molar refractivity (Wildman–Crippen MR) is 84.4 cm³/mol. The van der Waals surface area contributed by atoms with E-state index in [-0.39, 0.29) is 5.91 Å². The summed E-state index contributed by atoms with van der Waals surface area (Å²) in [5.41, 5.74) is 4.99. The second kappa shape index (κ2) is 8.85. The molecule has 0 aromatic rings. The SMILES string of the molecule is CCCNC(C)(CCCSCC1CCCC1)C(N)=O. The van der Waals surface area contributed by atoms with Crippen LogP contribution in [0.4, 0.5) is 0 Å². The van der Waals surface area contributed by atoms with Gasteiger partial charge in [0.15, 0.2) is 0 Å². The predicted octanol–water partition coefficient (Wildman–Crippen LogP) is 2.93. The first-order valence-corrected chi connectivity index (χ1v) is 8.86. The fourth-order valence-corrected chi connectivity index (χ4v) is 3.84. The molecule has 3 N–H and O–H groups in total. The average Bonchev–Trinajstić information content (AvgIpc) is 2.89. The largest absolute Gasteiger partial charge is 0.368 e. The molecular weight excluding hydrogens is 256 g/mol. The minimum atomic E-state index is -0.524. The van der Waals surface area contributed by atoms with Crippen molar-refractivity contribution in [2.75, 3.05) is 18.1 Å². The average molecular weight is 286 g/mol. The van der Waals surface area contributed by atoms with Gasteiger partial charge in [-0.3, -0.25) is 4.79 Å². The van der Waals surface area contributed by atoms with E-state index in [1.165, 1.54) is 31.4 Å². The Morgan fingerprint density at radius 3 is 2.68 bits per heavy atom. The first-order valence-electron chi connectivity index (χ1n) is 7.71. The van der Waals surface area contributed by atoms with E-state index in [0.717, 1.165) is 37.5 Å². The van der Waals surface area contributed by atoms with Crippen molar-refractivity contribution in [1.82, 2.24) is 5.32 Å². The Balaban J connectivity index is 2.15. The standard InChI is InChI=1S/C15H30N2OS/c1-3-10-17-15(2,14(16)18)9-6-11-19-12-13-7-4-5-8-13/h13,17H,3-12H2,1-2H3,(H2,16,18). The molecule has 4 heteroatoms. The van der Waals surface area contributed by atoms with Crippen LogP contribution in [0.1, 0.15) is 58.8 Å². The molecule has 1 aliphatic rings. The van der Waals surface area contributed by atoms with E-state index >= 15 is 0 Å². The maximum atomic E-state index is 11.6. The van der Waals surface area contributed by atoms with Crippen LogP contribution in [0.2, 0.25) is 0 Å². The normalized spacial score (nSPS) is 19.5. The summed E-state index contributed by atoms with van der Waals surface area (Å²) in [6.45, 7) is 4.90. The summed E-state index contributed by atoms with van der Waals surface area (Å²) in [5, 5.41) is 3.29. The molecule has 1 atom stereocenters. The number of hydrogen-bond donors (Lipinski definition) is 2. The van der Waals surface area contributed by atoms with E-state index in [9.17, 15) is 4.79 Å². The van der Waals surface area contributed by atoms with Gasteiger partial charge in [0.1, 0.15) is 0 Å². The molecule has 0 spiro atoms. The summed E-state index contributed by atoms with van der Waals surface area (Å²) < 4.78 is 0. The van der Waals surface area contributed by atoms with Crippen LogP contribution >= 0.6 is 11.8 Å². The first kappa shape index (κ1) is 16.8. The third kappa shape index (κ3) is 6.17. The van der Waals surface area contributed by atoms with Crippen molar-refractivity contribution in [3.63, 3.8) is 0 Å². The zero-order valence-electron chi connectivity index (χ0n) is 12.5. The molecule has 1 fully saturated rings. The molecule has 1 saturated carbocycles. The minimum absolute atomic E-state index is 0.221. The summed E-state index contributed by atoms with van der Waals surface area (Å²) in [6, 6.07) is 0. The van der Waals surface area contributed by atoms with Crippen LogP contribution in [-0.4, -0.2) is 29.5 Å². The zero-order valence-corrected chi connectivity index (χ0v) is 13.4. The minimum Gasteiger partial charge on any atom is -0.368 e. The van der Waals surface area contributed by atoms with E-state index in [1.807, 2.05) is 18.7 Å². The lowest BCUT2D eigenvalue weighted by atomic mass is 9.95. The van der Waals surface area contributed by atoms with E-state index < -0.39 is 5.54 Å². The van der Waals surface area contributed by atoms with Crippen molar-refractivity contribution in [2.24, 2.45) is 11.7 Å². The quantitative estimate of drug-likeness (QED) is 0.607. The molecule has 0 bridgehead atoms. The summed E-state index contributed by atoms with van der Waals surface area (Å²) in [6.07, 6.45) is 8.62. The molecule has 0 aromatic heterocycles. The van der Waals surface area contributed by atoms with E-state index in [4.69, 9.17) is 5.73 Å². The summed E-state index contributed by atoms with van der Waals surface area (Å²) >= 11 is 2.05. The van der Waals surface area contributed by atoms with Gasteiger partial charge in [-0.2, -0.15) is 11.8 Å². The lowest BCUT2D eigenvalue weighted by molar-refractivity contribution is -0.124. The number of nitrogens with one attached hydrogen (secondary N) is 1. The number of carbonyl (C=O) groups excluding carboxylic acids is 1. The Kier molecular flexibility index (Phi) is 7.84. The van der Waals surface area contributed by atoms with Gasteiger partial charge in [0.05, 0.1) is 5.54 Å². The van der Waals surface area contributed by atoms with Gasteiger partial charge in [0, 0.05) is 0 Å². The fraction of sp³-hybridized carbons (Fsp3) is 0.933. The van der Waals surface area contributed by atoms with Crippen LogP contribution in [-0.2, 0) is 4.79 Å². The molecule has 3 nitrogen and oxygen atoms in total. The molecule has 0 heterocycles. The van der Waals surface area contributed by atoms with Gasteiger partial charge in [0.2, 0.25) is 5.91 Å². The van der Waals surface area contributed by atoms with Gasteiger partial charge in [0.25, 0.3) is 0 Å². The van der Waals surface area contributed by atoms with Gasteiger partial charge in [-0.1, -0.05) is 19.8 Å². The topological polar surface area (TPSA) is 55.1 Å². The maximum Gasteiger partial charge on any atom is 0.237 e. The van der Waals surface area contributed by atoms with Crippen LogP contribution in [0, 0.1) is 5.92 Å². The molecule has 0 radical (unpaired) electrons. The number of amides is 1. The second-order valence-electron chi connectivity index (χ2n) is 5.95. The molecule has 0 aliphatic heterocycles. The van der Waals surface area contributed by atoms with Gasteiger partial charge in [-0.05, 0) is 63.0 Å². The molecular formula is C15H30N2OS.